The van der Waals surface area contributed by atoms with E-state index in [1.165, 1.54) is 0 Å². The number of ether oxygens (including phenoxy) is 2. The smallest absolute Gasteiger partial charge is 0.231 e. The molecule has 0 aliphatic carbocycles. The lowest BCUT2D eigenvalue weighted by Gasteiger charge is -2.03. The maximum absolute atomic E-state index is 5.40. The second-order valence-electron chi connectivity index (χ2n) is 5.00. The van der Waals surface area contributed by atoms with Crippen molar-refractivity contribution in [1.29, 1.82) is 0 Å². The van der Waals surface area contributed by atoms with Gasteiger partial charge in [-0.15, -0.1) is 0 Å². The minimum Gasteiger partial charge on any atom is -0.454 e. The second-order valence-corrected chi connectivity index (χ2v) is 6.24. The van der Waals surface area contributed by atoms with E-state index in [9.17, 15) is 0 Å². The maximum Gasteiger partial charge on any atom is 0.231 e. The average molecular weight is 403 g/mol. The number of hydrogen-bond donors (Lipinski definition) is 1. The first-order chi connectivity index (χ1) is 11.7. The summed E-state index contributed by atoms with van der Waals surface area (Å²) in [6.45, 7) is 0.229. The highest BCUT2D eigenvalue weighted by Crippen LogP contribution is 2.36. The maximum atomic E-state index is 5.40. The zero-order chi connectivity index (χ0) is 16.5. The van der Waals surface area contributed by atoms with E-state index >= 15 is 0 Å². The molecule has 0 spiro atoms. The Morgan fingerprint density at radius 1 is 1.21 bits per heavy atom. The summed E-state index contributed by atoms with van der Waals surface area (Å²) >= 11 is 8.79. The third-order valence-electron chi connectivity index (χ3n) is 3.49. The highest BCUT2D eigenvalue weighted by Gasteiger charge is 2.15. The molecule has 0 amide bonds. The Kier molecular flexibility index (Phi) is 3.91. The van der Waals surface area contributed by atoms with Crippen LogP contribution in [-0.4, -0.2) is 27.9 Å². The number of rotatable bonds is 3. The van der Waals surface area contributed by atoms with Crippen molar-refractivity contribution in [1.82, 2.24) is 14.9 Å². The largest absolute Gasteiger partial charge is 0.454 e. The minimum atomic E-state index is 0.229. The number of fused-ring (bicyclic) bond motifs is 1. The normalized spacial score (nSPS) is 12.9. The number of aromatic nitrogens is 3. The molecule has 3 aromatic rings. The molecule has 0 unspecified atom stereocenters. The average Bonchev–Trinajstić information content (AvgIpc) is 3.19. The van der Waals surface area contributed by atoms with E-state index in [-0.39, 0.29) is 6.79 Å². The van der Waals surface area contributed by atoms with E-state index in [4.69, 9.17) is 21.7 Å². The van der Waals surface area contributed by atoms with Crippen molar-refractivity contribution in [2.24, 2.45) is 5.10 Å². The summed E-state index contributed by atoms with van der Waals surface area (Å²) in [5, 5.41) is 11.5. The van der Waals surface area contributed by atoms with Crippen LogP contribution in [0.4, 0.5) is 0 Å². The van der Waals surface area contributed by atoms with Crippen molar-refractivity contribution in [3.63, 3.8) is 0 Å². The van der Waals surface area contributed by atoms with Crippen molar-refractivity contribution < 1.29 is 9.47 Å². The molecule has 0 radical (unpaired) electrons. The SMILES string of the molecule is S=c1[nH]nc(-c2ccccc2)n1/N=C/c1cc2c(cc1Br)OCO2. The number of H-pyrrole nitrogens is 1. The molecule has 2 aromatic carbocycles. The molecule has 1 aliphatic heterocycles. The first-order valence-corrected chi connectivity index (χ1v) is 8.29. The molecule has 2 heterocycles. The first-order valence-electron chi connectivity index (χ1n) is 7.09. The van der Waals surface area contributed by atoms with Crippen molar-refractivity contribution in [3.05, 3.63) is 57.3 Å². The van der Waals surface area contributed by atoms with Crippen molar-refractivity contribution in [2.75, 3.05) is 6.79 Å². The van der Waals surface area contributed by atoms with Crippen molar-refractivity contribution in [3.8, 4) is 22.9 Å². The van der Waals surface area contributed by atoms with Gasteiger partial charge in [0, 0.05) is 15.6 Å². The Morgan fingerprint density at radius 2 is 1.96 bits per heavy atom. The van der Waals surface area contributed by atoms with Crippen LogP contribution in [0, 0.1) is 4.77 Å². The van der Waals surface area contributed by atoms with E-state index in [2.05, 4.69) is 31.2 Å². The fourth-order valence-electron chi connectivity index (χ4n) is 2.32. The van der Waals surface area contributed by atoms with Crippen LogP contribution >= 0.6 is 28.1 Å². The van der Waals surface area contributed by atoms with Gasteiger partial charge in [0.05, 0.1) is 6.21 Å². The molecule has 6 nitrogen and oxygen atoms in total. The molecule has 4 rings (SSSR count). The lowest BCUT2D eigenvalue weighted by Crippen LogP contribution is -1.95. The van der Waals surface area contributed by atoms with Gasteiger partial charge < -0.3 is 9.47 Å². The van der Waals surface area contributed by atoms with Gasteiger partial charge in [0.15, 0.2) is 17.3 Å². The van der Waals surface area contributed by atoms with Crippen LogP contribution in [0.5, 0.6) is 11.5 Å². The van der Waals surface area contributed by atoms with E-state index in [1.54, 1.807) is 10.9 Å². The molecule has 0 atom stereocenters. The van der Waals surface area contributed by atoms with Gasteiger partial charge in [-0.1, -0.05) is 30.3 Å². The molecule has 24 heavy (non-hydrogen) atoms. The Balaban J connectivity index is 1.73. The summed E-state index contributed by atoms with van der Waals surface area (Å²) in [7, 11) is 0. The van der Waals surface area contributed by atoms with Gasteiger partial charge in [-0.2, -0.15) is 14.9 Å². The number of nitrogens with one attached hydrogen (secondary N) is 1. The molecule has 1 N–H and O–H groups in total. The van der Waals surface area contributed by atoms with Crippen LogP contribution in [0.15, 0.2) is 52.0 Å². The van der Waals surface area contributed by atoms with Gasteiger partial charge >= 0.3 is 0 Å². The molecule has 0 fully saturated rings. The topological polar surface area (TPSA) is 64.4 Å². The number of nitrogens with zero attached hydrogens (tertiary/aromatic N) is 3. The highest BCUT2D eigenvalue weighted by atomic mass is 79.9. The van der Waals surface area contributed by atoms with Gasteiger partial charge in [0.2, 0.25) is 11.6 Å². The molecule has 8 heteroatoms. The molecule has 1 aromatic heterocycles. The lowest BCUT2D eigenvalue weighted by atomic mass is 10.2. The fraction of sp³-hybridized carbons (Fsp3) is 0.0625. The third kappa shape index (κ3) is 2.74. The number of benzene rings is 2. The molecule has 0 saturated heterocycles. The van der Waals surface area contributed by atoms with E-state index < -0.39 is 0 Å². The van der Waals surface area contributed by atoms with Crippen LogP contribution in [0.3, 0.4) is 0 Å². The Bertz CT molecular complexity index is 981. The second kappa shape index (κ2) is 6.21. The minimum absolute atomic E-state index is 0.229. The summed E-state index contributed by atoms with van der Waals surface area (Å²) in [5.41, 5.74) is 1.77. The highest BCUT2D eigenvalue weighted by molar-refractivity contribution is 9.10. The third-order valence-corrected chi connectivity index (χ3v) is 4.44. The van der Waals surface area contributed by atoms with Gasteiger partial charge in [-0.05, 0) is 40.3 Å². The Morgan fingerprint density at radius 3 is 2.75 bits per heavy atom. The zero-order valence-corrected chi connectivity index (χ0v) is 14.7. The summed E-state index contributed by atoms with van der Waals surface area (Å²) in [5.74, 6) is 2.05. The molecule has 0 saturated carbocycles. The summed E-state index contributed by atoms with van der Waals surface area (Å²) < 4.78 is 13.6. The van der Waals surface area contributed by atoms with Gasteiger partial charge in [-0.25, -0.2) is 5.10 Å². The van der Waals surface area contributed by atoms with E-state index in [1.807, 2.05) is 42.5 Å². The van der Waals surface area contributed by atoms with Crippen molar-refractivity contribution in [2.45, 2.75) is 0 Å². The number of aromatic amines is 1. The molecule has 120 valence electrons. The van der Waals surface area contributed by atoms with E-state index in [0.717, 1.165) is 15.6 Å². The zero-order valence-electron chi connectivity index (χ0n) is 12.3. The summed E-state index contributed by atoms with van der Waals surface area (Å²) in [6, 6.07) is 13.5. The summed E-state index contributed by atoms with van der Waals surface area (Å²) in [4.78, 5) is 0. The fourth-order valence-corrected chi connectivity index (χ4v) is 2.93. The molecular weight excluding hydrogens is 392 g/mol. The van der Waals surface area contributed by atoms with Crippen LogP contribution in [0.2, 0.25) is 0 Å². The summed E-state index contributed by atoms with van der Waals surface area (Å²) in [6.07, 6.45) is 1.70. The van der Waals surface area contributed by atoms with E-state index in [0.29, 0.717) is 22.1 Å². The quantitative estimate of drug-likeness (QED) is 0.531. The number of halogens is 1. The number of hydrogen-bond acceptors (Lipinski definition) is 5. The predicted molar refractivity (Wildman–Crippen MR) is 96.1 cm³/mol. The van der Waals surface area contributed by atoms with Gasteiger partial charge in [-0.3, -0.25) is 0 Å². The van der Waals surface area contributed by atoms with Gasteiger partial charge in [0.1, 0.15) is 0 Å². The standard InChI is InChI=1S/C16H11BrN4O2S/c17-12-7-14-13(22-9-23-14)6-11(12)8-18-21-15(19-20-16(21)24)10-4-2-1-3-5-10/h1-8H,9H2,(H,20,24)/b18-8+. The van der Waals surface area contributed by atoms with Crippen LogP contribution in [0.1, 0.15) is 5.56 Å². The Labute approximate surface area is 150 Å². The van der Waals surface area contributed by atoms with Crippen LogP contribution < -0.4 is 9.47 Å². The monoisotopic (exact) mass is 402 g/mol. The van der Waals surface area contributed by atoms with Crippen molar-refractivity contribution >= 4 is 34.4 Å². The predicted octanol–water partition coefficient (Wildman–Crippen LogP) is 3.98. The Hall–Kier alpha value is -2.45. The van der Waals surface area contributed by atoms with Crippen LogP contribution in [0.25, 0.3) is 11.4 Å². The molecule has 1 aliphatic rings. The first kappa shape index (κ1) is 15.1. The van der Waals surface area contributed by atoms with Gasteiger partial charge in [0.25, 0.3) is 0 Å². The molecule has 0 bridgehead atoms. The van der Waals surface area contributed by atoms with Crippen LogP contribution in [-0.2, 0) is 0 Å². The molecular formula is C16H11BrN4O2S. The lowest BCUT2D eigenvalue weighted by molar-refractivity contribution is 0.174.